The van der Waals surface area contributed by atoms with Crippen molar-refractivity contribution < 1.29 is 27.9 Å². The molecule has 38 heavy (non-hydrogen) atoms. The molecule has 0 spiro atoms. The maximum absolute atomic E-state index is 13.4. The molecule has 0 bridgehead atoms. The van der Waals surface area contributed by atoms with Crippen molar-refractivity contribution in [2.45, 2.75) is 19.3 Å². The first-order valence-electron chi connectivity index (χ1n) is 11.1. The van der Waals surface area contributed by atoms with Gasteiger partial charge in [-0.3, -0.25) is 9.78 Å². The summed E-state index contributed by atoms with van der Waals surface area (Å²) >= 11 is 1.62. The van der Waals surface area contributed by atoms with Crippen molar-refractivity contribution in [3.8, 4) is 11.1 Å². The lowest BCUT2D eigenvalue weighted by Gasteiger charge is -2.23. The Bertz CT molecular complexity index is 1500. The van der Waals surface area contributed by atoms with Crippen LogP contribution in [0.15, 0.2) is 89.9 Å². The molecule has 194 valence electrons. The summed E-state index contributed by atoms with van der Waals surface area (Å²) < 4.78 is 33.4. The molecule has 0 atom stereocenters. The van der Waals surface area contributed by atoms with E-state index in [0.717, 1.165) is 33.4 Å². The van der Waals surface area contributed by atoms with Crippen molar-refractivity contribution in [3.05, 3.63) is 95.4 Å². The molecule has 1 N–H and O–H groups in total. The highest BCUT2D eigenvalue weighted by atomic mass is 32.1. The van der Waals surface area contributed by atoms with Crippen LogP contribution in [0.25, 0.3) is 22.2 Å². The van der Waals surface area contributed by atoms with Crippen LogP contribution in [0.3, 0.4) is 0 Å². The minimum absolute atomic E-state index is 0.0430. The predicted molar refractivity (Wildman–Crippen MR) is 136 cm³/mol. The number of carboxylic acids is 1. The number of para-hydroxylation sites is 1. The number of amides is 1. The van der Waals surface area contributed by atoms with Gasteiger partial charge in [0.25, 0.3) is 0 Å². The second-order valence-corrected chi connectivity index (χ2v) is 8.71. The number of hydrogen-bond donors (Lipinski definition) is 1. The fraction of sp³-hybridized carbons (Fsp3) is 0.115. The van der Waals surface area contributed by atoms with Crippen LogP contribution in [0.4, 0.5) is 18.9 Å². The third kappa shape index (κ3) is 6.59. The van der Waals surface area contributed by atoms with Crippen molar-refractivity contribution in [2.75, 3.05) is 4.90 Å². The van der Waals surface area contributed by atoms with Crippen molar-refractivity contribution in [1.29, 1.82) is 0 Å². The second-order valence-electron chi connectivity index (χ2n) is 7.93. The molecule has 12 heteroatoms. The molecule has 0 aliphatic carbocycles. The van der Waals surface area contributed by atoms with Gasteiger partial charge in [-0.2, -0.15) is 24.5 Å². The second kappa shape index (κ2) is 11.6. The van der Waals surface area contributed by atoms with Crippen molar-refractivity contribution in [2.24, 2.45) is 0 Å². The van der Waals surface area contributed by atoms with E-state index in [1.54, 1.807) is 33.3 Å². The van der Waals surface area contributed by atoms with Crippen molar-refractivity contribution in [3.63, 3.8) is 0 Å². The van der Waals surface area contributed by atoms with Gasteiger partial charge in [-0.1, -0.05) is 29.5 Å². The zero-order valence-electron chi connectivity index (χ0n) is 19.6. The van der Waals surface area contributed by atoms with Crippen LogP contribution in [0.1, 0.15) is 5.56 Å². The summed E-state index contributed by atoms with van der Waals surface area (Å²) in [6, 6.07) is 21.7. The van der Waals surface area contributed by atoms with E-state index < -0.39 is 12.1 Å². The normalized spacial score (nSPS) is 11.0. The molecular formula is C26H20F3N5O3S. The number of rotatable bonds is 6. The number of anilines is 1. The molecule has 3 heterocycles. The maximum atomic E-state index is 13.4. The van der Waals surface area contributed by atoms with E-state index in [1.165, 1.54) is 0 Å². The summed E-state index contributed by atoms with van der Waals surface area (Å²) in [6.45, 7) is 0.625. The molecular weight excluding hydrogens is 519 g/mol. The number of alkyl halides is 3. The summed E-state index contributed by atoms with van der Waals surface area (Å²) in [4.78, 5) is 28.1. The van der Waals surface area contributed by atoms with Gasteiger partial charge in [0, 0.05) is 18.1 Å². The first kappa shape index (κ1) is 26.5. The van der Waals surface area contributed by atoms with E-state index in [0.29, 0.717) is 6.54 Å². The summed E-state index contributed by atoms with van der Waals surface area (Å²) in [5.74, 6) is -2.80. The third-order valence-electron chi connectivity index (χ3n) is 5.36. The van der Waals surface area contributed by atoms with Gasteiger partial charge in [-0.15, -0.1) is 5.10 Å². The summed E-state index contributed by atoms with van der Waals surface area (Å²) in [6.07, 6.45) is -1.53. The van der Waals surface area contributed by atoms with Crippen LogP contribution < -0.4 is 4.90 Å². The Hall–Kier alpha value is -4.58. The Kier molecular flexibility index (Phi) is 8.12. The van der Waals surface area contributed by atoms with Gasteiger partial charge >= 0.3 is 12.1 Å². The fourth-order valence-electron chi connectivity index (χ4n) is 3.51. The van der Waals surface area contributed by atoms with Crippen LogP contribution in [0.5, 0.6) is 0 Å². The average Bonchev–Trinajstić information content (AvgIpc) is 3.58. The lowest BCUT2D eigenvalue weighted by Crippen LogP contribution is -2.33. The van der Waals surface area contributed by atoms with Crippen LogP contribution in [0.2, 0.25) is 0 Å². The third-order valence-corrected chi connectivity index (χ3v) is 6.09. The number of fused-ring (bicyclic) bond motifs is 1. The number of carboxylic acid groups (broad SMARTS) is 1. The lowest BCUT2D eigenvalue weighted by molar-refractivity contribution is -0.192. The van der Waals surface area contributed by atoms with Gasteiger partial charge in [0.15, 0.2) is 0 Å². The Morgan fingerprint density at radius 1 is 0.947 bits per heavy atom. The number of benzene rings is 2. The molecule has 5 rings (SSSR count). The van der Waals surface area contributed by atoms with Crippen LogP contribution >= 0.6 is 11.3 Å². The SMILES string of the molecule is O=C(Cn1nnc2ccccc21)N(Cc1ccsc1)c1ccc(-c2ccncc2)cc1.O=C(O)C(F)(F)F. The molecule has 0 fully saturated rings. The number of carbonyl (C=O) groups is 2. The van der Waals surface area contributed by atoms with E-state index in [1.807, 2.05) is 72.1 Å². The highest BCUT2D eigenvalue weighted by Gasteiger charge is 2.38. The fourth-order valence-corrected chi connectivity index (χ4v) is 4.17. The molecule has 0 saturated carbocycles. The minimum Gasteiger partial charge on any atom is -0.475 e. The smallest absolute Gasteiger partial charge is 0.475 e. The molecule has 0 saturated heterocycles. The van der Waals surface area contributed by atoms with Crippen LogP contribution in [0, 0.1) is 0 Å². The molecule has 1 amide bonds. The number of nitrogens with zero attached hydrogens (tertiary/aromatic N) is 5. The molecule has 0 aliphatic rings. The number of aromatic nitrogens is 4. The number of aliphatic carboxylic acids is 1. The first-order valence-corrected chi connectivity index (χ1v) is 12.1. The van der Waals surface area contributed by atoms with Gasteiger partial charge in [-0.25, -0.2) is 9.48 Å². The zero-order valence-corrected chi connectivity index (χ0v) is 20.4. The molecule has 3 aromatic heterocycles. The van der Waals surface area contributed by atoms with Gasteiger partial charge in [-0.05, 0) is 69.9 Å². The van der Waals surface area contributed by atoms with E-state index in [4.69, 9.17) is 9.90 Å². The summed E-state index contributed by atoms with van der Waals surface area (Å²) in [5, 5.41) is 19.6. The predicted octanol–water partition coefficient (Wildman–Crippen LogP) is 5.42. The van der Waals surface area contributed by atoms with E-state index in [2.05, 4.69) is 20.7 Å². The largest absolute Gasteiger partial charge is 0.490 e. The number of pyridine rings is 1. The molecule has 2 aromatic carbocycles. The summed E-state index contributed by atoms with van der Waals surface area (Å²) in [7, 11) is 0. The number of halogens is 3. The molecule has 8 nitrogen and oxygen atoms in total. The lowest BCUT2D eigenvalue weighted by atomic mass is 10.1. The Labute approximate surface area is 218 Å². The number of carbonyl (C=O) groups excluding carboxylic acids is 1. The first-order chi connectivity index (χ1) is 18.2. The maximum Gasteiger partial charge on any atom is 0.490 e. The van der Waals surface area contributed by atoms with E-state index >= 15 is 0 Å². The quantitative estimate of drug-likeness (QED) is 0.309. The van der Waals surface area contributed by atoms with E-state index in [9.17, 15) is 18.0 Å². The average molecular weight is 540 g/mol. The molecule has 0 radical (unpaired) electrons. The van der Waals surface area contributed by atoms with Crippen molar-refractivity contribution in [1.82, 2.24) is 20.0 Å². The topological polar surface area (TPSA) is 101 Å². The Morgan fingerprint density at radius 2 is 1.61 bits per heavy atom. The van der Waals surface area contributed by atoms with Gasteiger partial charge < -0.3 is 10.0 Å². The molecule has 0 aliphatic heterocycles. The minimum atomic E-state index is -5.08. The Balaban J connectivity index is 0.000000426. The summed E-state index contributed by atoms with van der Waals surface area (Å²) in [5.41, 5.74) is 5.74. The van der Waals surface area contributed by atoms with Gasteiger partial charge in [0.2, 0.25) is 5.91 Å². The number of thiophene rings is 1. The molecule has 5 aromatic rings. The monoisotopic (exact) mass is 539 g/mol. The Morgan fingerprint density at radius 3 is 2.24 bits per heavy atom. The molecule has 0 unspecified atom stereocenters. The highest BCUT2D eigenvalue weighted by molar-refractivity contribution is 7.07. The van der Waals surface area contributed by atoms with Gasteiger partial charge in [0.05, 0.1) is 12.1 Å². The van der Waals surface area contributed by atoms with Crippen molar-refractivity contribution >= 4 is 39.9 Å². The highest BCUT2D eigenvalue weighted by Crippen LogP contribution is 2.25. The standard InChI is InChI=1S/C24H19N5OS.C2HF3O2/c30-24(16-29-23-4-2-1-3-22(23)26-27-29)28(15-18-11-14-31-17-18)21-7-5-19(6-8-21)20-9-12-25-13-10-20;3-2(4,5)1(6)7/h1-14,17H,15-16H2;(H,6,7). The van der Waals surface area contributed by atoms with Gasteiger partial charge in [0.1, 0.15) is 12.1 Å². The van der Waals surface area contributed by atoms with E-state index in [-0.39, 0.29) is 12.5 Å². The number of hydrogen-bond acceptors (Lipinski definition) is 6. The zero-order chi connectivity index (χ0) is 27.1. The van der Waals surface area contributed by atoms with Crippen LogP contribution in [-0.2, 0) is 22.7 Å². The van der Waals surface area contributed by atoms with Crippen LogP contribution in [-0.4, -0.2) is 43.1 Å².